The average molecular weight is 221 g/mol. The number of hydrogen-bond donors (Lipinski definition) is 2. The van der Waals surface area contributed by atoms with Crippen molar-refractivity contribution in [2.75, 3.05) is 0 Å². The second-order valence-electron chi connectivity index (χ2n) is 3.57. The number of H-pyrrole nitrogens is 2. The summed E-state index contributed by atoms with van der Waals surface area (Å²) in [4.78, 5) is 27.2. The molecular formula is C9H11N5O2. The van der Waals surface area contributed by atoms with Gasteiger partial charge in [0.15, 0.2) is 0 Å². The number of nitrogens with zero attached hydrogens (tertiary/aromatic N) is 3. The first-order valence-electron chi connectivity index (χ1n) is 4.75. The number of rotatable bonds is 2. The first kappa shape index (κ1) is 10.3. The Balaban J connectivity index is 2.42. The third kappa shape index (κ3) is 1.92. The first-order chi connectivity index (χ1) is 7.56. The molecule has 2 aromatic rings. The topological polar surface area (TPSA) is 96.4 Å². The molecule has 0 unspecified atom stereocenters. The van der Waals surface area contributed by atoms with Gasteiger partial charge in [-0.2, -0.15) is 0 Å². The van der Waals surface area contributed by atoms with Crippen LogP contribution in [0.1, 0.15) is 17.0 Å². The molecule has 0 spiro atoms. The second kappa shape index (κ2) is 3.76. The molecule has 0 aliphatic carbocycles. The molecule has 0 saturated carbocycles. The zero-order valence-corrected chi connectivity index (χ0v) is 8.94. The van der Waals surface area contributed by atoms with E-state index in [1.807, 2.05) is 6.92 Å². The molecule has 2 N–H and O–H groups in total. The van der Waals surface area contributed by atoms with Crippen LogP contribution in [-0.4, -0.2) is 25.0 Å². The van der Waals surface area contributed by atoms with E-state index in [0.29, 0.717) is 17.8 Å². The van der Waals surface area contributed by atoms with E-state index in [1.54, 1.807) is 17.8 Å². The van der Waals surface area contributed by atoms with Crippen LogP contribution in [0.25, 0.3) is 0 Å². The van der Waals surface area contributed by atoms with Gasteiger partial charge in [0.25, 0.3) is 5.56 Å². The second-order valence-corrected chi connectivity index (χ2v) is 3.57. The Morgan fingerprint density at radius 3 is 2.69 bits per heavy atom. The van der Waals surface area contributed by atoms with E-state index < -0.39 is 5.69 Å². The highest BCUT2D eigenvalue weighted by atomic mass is 16.2. The van der Waals surface area contributed by atoms with Crippen LogP contribution in [0.5, 0.6) is 0 Å². The van der Waals surface area contributed by atoms with Crippen molar-refractivity contribution in [1.29, 1.82) is 0 Å². The Kier molecular flexibility index (Phi) is 2.43. The van der Waals surface area contributed by atoms with Crippen molar-refractivity contribution in [1.82, 2.24) is 25.0 Å². The summed E-state index contributed by atoms with van der Waals surface area (Å²) in [5.74, 6) is 0. The molecule has 0 aliphatic rings. The molecule has 0 radical (unpaired) electrons. The molecule has 0 atom stereocenters. The van der Waals surface area contributed by atoms with E-state index in [0.717, 1.165) is 5.69 Å². The summed E-state index contributed by atoms with van der Waals surface area (Å²) in [5.41, 5.74) is 0.911. The Labute approximate surface area is 90.1 Å². The van der Waals surface area contributed by atoms with Gasteiger partial charge >= 0.3 is 5.69 Å². The molecule has 2 rings (SSSR count). The van der Waals surface area contributed by atoms with Crippen LogP contribution in [-0.2, 0) is 6.54 Å². The molecule has 7 heteroatoms. The highest BCUT2D eigenvalue weighted by Gasteiger charge is 2.06. The minimum Gasteiger partial charge on any atom is -0.309 e. The summed E-state index contributed by atoms with van der Waals surface area (Å²) >= 11 is 0. The van der Waals surface area contributed by atoms with E-state index in [4.69, 9.17) is 0 Å². The monoisotopic (exact) mass is 221 g/mol. The number of aromatic amines is 2. The van der Waals surface area contributed by atoms with Crippen LogP contribution in [0.2, 0.25) is 0 Å². The van der Waals surface area contributed by atoms with E-state index in [2.05, 4.69) is 20.3 Å². The van der Waals surface area contributed by atoms with Gasteiger partial charge in [-0.1, -0.05) is 5.21 Å². The fraction of sp³-hybridized carbons (Fsp3) is 0.333. The third-order valence-electron chi connectivity index (χ3n) is 2.26. The van der Waals surface area contributed by atoms with Gasteiger partial charge < -0.3 is 4.98 Å². The molecule has 16 heavy (non-hydrogen) atoms. The van der Waals surface area contributed by atoms with Crippen molar-refractivity contribution >= 4 is 0 Å². The van der Waals surface area contributed by atoms with Gasteiger partial charge in [0.2, 0.25) is 0 Å². The maximum atomic E-state index is 11.3. The van der Waals surface area contributed by atoms with Gasteiger partial charge in [0.05, 0.1) is 12.2 Å². The Morgan fingerprint density at radius 1 is 1.31 bits per heavy atom. The van der Waals surface area contributed by atoms with Crippen LogP contribution in [0, 0.1) is 13.8 Å². The summed E-state index contributed by atoms with van der Waals surface area (Å²) in [6, 6.07) is 0. The van der Waals surface area contributed by atoms with Gasteiger partial charge in [0.1, 0.15) is 0 Å². The third-order valence-corrected chi connectivity index (χ3v) is 2.26. The van der Waals surface area contributed by atoms with E-state index in [-0.39, 0.29) is 5.56 Å². The van der Waals surface area contributed by atoms with Gasteiger partial charge in [-0.25, -0.2) is 9.48 Å². The summed E-state index contributed by atoms with van der Waals surface area (Å²) in [5, 5.41) is 7.67. The molecule has 0 fully saturated rings. The summed E-state index contributed by atoms with van der Waals surface area (Å²) in [6.07, 6.45) is 1.74. The molecule has 7 nitrogen and oxygen atoms in total. The Morgan fingerprint density at radius 2 is 2.06 bits per heavy atom. The van der Waals surface area contributed by atoms with Crippen LogP contribution >= 0.6 is 0 Å². The van der Waals surface area contributed by atoms with Gasteiger partial charge in [0, 0.05) is 17.5 Å². The van der Waals surface area contributed by atoms with Crippen LogP contribution in [0.4, 0.5) is 0 Å². The first-order valence-corrected chi connectivity index (χ1v) is 4.75. The summed E-state index contributed by atoms with van der Waals surface area (Å²) in [6.45, 7) is 3.79. The average Bonchev–Trinajstić information content (AvgIpc) is 2.60. The number of aryl methyl sites for hydroxylation is 1. The standard InChI is InChI=1S/C9H11N5O2/c1-5-3-14(13-12-5)4-7-6(2)8(15)11-9(16)10-7/h3H,4H2,1-2H3,(H2,10,11,15,16). The Bertz CT molecular complexity index is 621. The predicted octanol–water partition coefficient (Wildman–Crippen LogP) is -0.680. The van der Waals surface area contributed by atoms with Crippen molar-refractivity contribution in [3.8, 4) is 0 Å². The molecule has 0 saturated heterocycles. The smallest absolute Gasteiger partial charge is 0.309 e. The molecular weight excluding hydrogens is 210 g/mol. The van der Waals surface area contributed by atoms with Crippen molar-refractivity contribution < 1.29 is 0 Å². The quantitative estimate of drug-likeness (QED) is 0.702. The van der Waals surface area contributed by atoms with E-state index in [9.17, 15) is 9.59 Å². The van der Waals surface area contributed by atoms with Crippen molar-refractivity contribution in [3.05, 3.63) is 44.0 Å². The maximum absolute atomic E-state index is 11.3. The largest absolute Gasteiger partial charge is 0.325 e. The fourth-order valence-electron chi connectivity index (χ4n) is 1.39. The normalized spacial score (nSPS) is 10.6. The lowest BCUT2D eigenvalue weighted by molar-refractivity contribution is 0.630. The molecule has 84 valence electrons. The summed E-state index contributed by atoms with van der Waals surface area (Å²) in [7, 11) is 0. The minimum atomic E-state index is -0.512. The highest BCUT2D eigenvalue weighted by molar-refractivity contribution is 5.14. The number of hydrogen-bond acceptors (Lipinski definition) is 4. The molecule has 0 aliphatic heterocycles. The van der Waals surface area contributed by atoms with E-state index >= 15 is 0 Å². The molecule has 2 aromatic heterocycles. The van der Waals surface area contributed by atoms with Crippen molar-refractivity contribution in [2.45, 2.75) is 20.4 Å². The van der Waals surface area contributed by atoms with Crippen molar-refractivity contribution in [3.63, 3.8) is 0 Å². The lowest BCUT2D eigenvalue weighted by Crippen LogP contribution is -2.27. The van der Waals surface area contributed by atoms with Crippen LogP contribution in [0.3, 0.4) is 0 Å². The zero-order chi connectivity index (χ0) is 11.7. The van der Waals surface area contributed by atoms with E-state index in [1.165, 1.54) is 0 Å². The predicted molar refractivity (Wildman–Crippen MR) is 56.3 cm³/mol. The molecule has 0 aromatic carbocycles. The molecule has 2 heterocycles. The molecule has 0 amide bonds. The van der Waals surface area contributed by atoms with Gasteiger partial charge in [-0.15, -0.1) is 5.10 Å². The highest BCUT2D eigenvalue weighted by Crippen LogP contribution is 1.99. The van der Waals surface area contributed by atoms with Crippen LogP contribution < -0.4 is 11.2 Å². The van der Waals surface area contributed by atoms with Gasteiger partial charge in [-0.05, 0) is 13.8 Å². The maximum Gasteiger partial charge on any atom is 0.325 e. The zero-order valence-electron chi connectivity index (χ0n) is 8.94. The summed E-state index contributed by atoms with van der Waals surface area (Å²) < 4.78 is 1.56. The number of aromatic nitrogens is 5. The fourth-order valence-corrected chi connectivity index (χ4v) is 1.39. The lowest BCUT2D eigenvalue weighted by Gasteiger charge is -2.03. The molecule has 0 bridgehead atoms. The lowest BCUT2D eigenvalue weighted by atomic mass is 10.2. The van der Waals surface area contributed by atoms with Crippen LogP contribution in [0.15, 0.2) is 15.8 Å². The SMILES string of the molecule is Cc1cn(Cc2[nH]c(=O)[nH]c(=O)c2C)nn1. The Hall–Kier alpha value is -2.18. The minimum absolute atomic E-state index is 0.325. The number of nitrogens with one attached hydrogen (secondary N) is 2. The van der Waals surface area contributed by atoms with Gasteiger partial charge in [-0.3, -0.25) is 9.78 Å². The van der Waals surface area contributed by atoms with Crippen molar-refractivity contribution in [2.24, 2.45) is 0 Å².